The average molecular weight is 258 g/mol. The van der Waals surface area contributed by atoms with E-state index in [-0.39, 0.29) is 18.9 Å². The van der Waals surface area contributed by atoms with Crippen LogP contribution in [0.25, 0.3) is 0 Å². The maximum Gasteiger partial charge on any atom is 0.409 e. The van der Waals surface area contributed by atoms with Gasteiger partial charge in [-0.05, 0) is 0 Å². The Kier molecular flexibility index (Phi) is 6.66. The molecular formula is C11H18N2O5. The molecule has 7 nitrogen and oxygen atoms in total. The summed E-state index contributed by atoms with van der Waals surface area (Å²) in [6.07, 6.45) is -0.588. The van der Waals surface area contributed by atoms with Gasteiger partial charge in [-0.3, -0.25) is 14.8 Å². The summed E-state index contributed by atoms with van der Waals surface area (Å²) in [4.78, 5) is 35.4. The molecule has 1 aliphatic heterocycles. The van der Waals surface area contributed by atoms with Crippen LogP contribution in [-0.4, -0.2) is 48.1 Å². The van der Waals surface area contributed by atoms with Gasteiger partial charge < -0.3 is 9.64 Å². The Hall–Kier alpha value is -1.89. The first kappa shape index (κ1) is 16.1. The summed E-state index contributed by atoms with van der Waals surface area (Å²) in [6, 6.07) is 0. The molecule has 0 aromatic carbocycles. The predicted molar refractivity (Wildman–Crippen MR) is 62.8 cm³/mol. The highest BCUT2D eigenvalue weighted by Crippen LogP contribution is 2.18. The minimum absolute atomic E-state index is 0.0672. The fraction of sp³-hybridized carbons (Fsp3) is 0.545. The third-order valence-electron chi connectivity index (χ3n) is 2.59. The van der Waals surface area contributed by atoms with Crippen LogP contribution in [0.3, 0.4) is 0 Å². The summed E-state index contributed by atoms with van der Waals surface area (Å²) in [6.45, 7) is 7.78. The molecule has 1 fully saturated rings. The van der Waals surface area contributed by atoms with E-state index in [0.29, 0.717) is 0 Å². The van der Waals surface area contributed by atoms with Gasteiger partial charge in [-0.25, -0.2) is 10.3 Å². The van der Waals surface area contributed by atoms with E-state index in [9.17, 15) is 14.4 Å². The van der Waals surface area contributed by atoms with Crippen molar-refractivity contribution in [3.8, 4) is 0 Å². The van der Waals surface area contributed by atoms with Gasteiger partial charge in [0.05, 0.1) is 7.11 Å². The Labute approximate surface area is 105 Å². The summed E-state index contributed by atoms with van der Waals surface area (Å²) >= 11 is 0. The zero-order valence-electron chi connectivity index (χ0n) is 10.5. The number of hydroxylamine groups is 1. The molecule has 0 aromatic rings. The molecule has 0 radical (unpaired) electrons. The molecule has 1 aliphatic rings. The van der Waals surface area contributed by atoms with Gasteiger partial charge in [0.25, 0.3) is 5.91 Å². The lowest BCUT2D eigenvalue weighted by Crippen LogP contribution is -2.52. The standard InChI is InChI=1S/C9H14N2O5.C2H4/c1-5-3-11(9(14)16-2)4-6(7(5)12)8(13)10-15;1-2/h5-6,15H,3-4H2,1-2H3,(H,10,13);1-2H2. The van der Waals surface area contributed by atoms with E-state index >= 15 is 0 Å². The highest BCUT2D eigenvalue weighted by molar-refractivity contribution is 6.03. The lowest BCUT2D eigenvalue weighted by Gasteiger charge is -2.33. The van der Waals surface area contributed by atoms with Gasteiger partial charge in [0, 0.05) is 19.0 Å². The lowest BCUT2D eigenvalue weighted by atomic mass is 9.88. The summed E-state index contributed by atoms with van der Waals surface area (Å²) < 4.78 is 4.52. The van der Waals surface area contributed by atoms with Crippen molar-refractivity contribution in [3.05, 3.63) is 13.2 Å². The highest BCUT2D eigenvalue weighted by Gasteiger charge is 2.39. The highest BCUT2D eigenvalue weighted by atomic mass is 16.5. The minimum atomic E-state index is -1.03. The van der Waals surface area contributed by atoms with Crippen molar-refractivity contribution in [1.29, 1.82) is 0 Å². The van der Waals surface area contributed by atoms with E-state index in [1.165, 1.54) is 17.5 Å². The first-order valence-corrected chi connectivity index (χ1v) is 5.31. The first-order chi connectivity index (χ1) is 8.51. The molecule has 2 N–H and O–H groups in total. The second kappa shape index (κ2) is 7.44. The molecule has 2 amide bonds. The summed E-state index contributed by atoms with van der Waals surface area (Å²) in [5.41, 5.74) is 1.42. The van der Waals surface area contributed by atoms with Gasteiger partial charge in [0.15, 0.2) is 5.78 Å². The number of likely N-dealkylation sites (tertiary alicyclic amines) is 1. The number of Topliss-reactive ketones (excluding diaryl/α,β-unsaturated/α-hetero) is 1. The average Bonchev–Trinajstić information content (AvgIpc) is 2.42. The third kappa shape index (κ3) is 3.56. The molecule has 0 aromatic heterocycles. The van der Waals surface area contributed by atoms with E-state index in [2.05, 4.69) is 17.9 Å². The van der Waals surface area contributed by atoms with E-state index in [4.69, 9.17) is 5.21 Å². The third-order valence-corrected chi connectivity index (χ3v) is 2.59. The summed E-state index contributed by atoms with van der Waals surface area (Å²) in [5.74, 6) is -2.57. The van der Waals surface area contributed by atoms with Gasteiger partial charge in [-0.1, -0.05) is 6.92 Å². The number of piperidine rings is 1. The fourth-order valence-corrected chi connectivity index (χ4v) is 1.72. The number of hydrogen-bond donors (Lipinski definition) is 2. The lowest BCUT2D eigenvalue weighted by molar-refractivity contribution is -0.144. The van der Waals surface area contributed by atoms with Gasteiger partial charge in [0.2, 0.25) is 0 Å². The molecule has 1 rings (SSSR count). The molecule has 7 heteroatoms. The molecule has 2 atom stereocenters. The topological polar surface area (TPSA) is 95.9 Å². The molecule has 102 valence electrons. The maximum absolute atomic E-state index is 11.6. The number of carbonyl (C=O) groups excluding carboxylic acids is 3. The van der Waals surface area contributed by atoms with Crippen LogP contribution in [0, 0.1) is 11.8 Å². The molecular weight excluding hydrogens is 240 g/mol. The van der Waals surface area contributed by atoms with Crippen molar-refractivity contribution in [2.24, 2.45) is 11.8 Å². The van der Waals surface area contributed by atoms with Gasteiger partial charge in [-0.2, -0.15) is 0 Å². The van der Waals surface area contributed by atoms with Crippen molar-refractivity contribution in [3.63, 3.8) is 0 Å². The molecule has 0 bridgehead atoms. The number of ketones is 1. The number of nitrogens with one attached hydrogen (secondary N) is 1. The molecule has 1 saturated heterocycles. The van der Waals surface area contributed by atoms with Crippen molar-refractivity contribution >= 4 is 17.8 Å². The van der Waals surface area contributed by atoms with Crippen LogP contribution >= 0.6 is 0 Å². The number of nitrogens with zero attached hydrogens (tertiary/aromatic N) is 1. The van der Waals surface area contributed by atoms with E-state index in [1.807, 2.05) is 0 Å². The van der Waals surface area contributed by atoms with Crippen LogP contribution in [0.1, 0.15) is 6.92 Å². The molecule has 0 saturated carbocycles. The van der Waals surface area contributed by atoms with E-state index in [1.54, 1.807) is 6.92 Å². The Bertz CT molecular complexity index is 331. The molecule has 2 unspecified atom stereocenters. The van der Waals surface area contributed by atoms with Crippen molar-refractivity contribution in [2.75, 3.05) is 20.2 Å². The second-order valence-electron chi connectivity index (χ2n) is 3.71. The Morgan fingerprint density at radius 2 is 2.00 bits per heavy atom. The normalized spacial score (nSPS) is 22.6. The van der Waals surface area contributed by atoms with Gasteiger partial charge >= 0.3 is 6.09 Å². The van der Waals surface area contributed by atoms with Crippen LogP contribution in [0.15, 0.2) is 13.2 Å². The van der Waals surface area contributed by atoms with Crippen LogP contribution in [0.5, 0.6) is 0 Å². The number of carbonyl (C=O) groups is 3. The Morgan fingerprint density at radius 3 is 2.44 bits per heavy atom. The molecule has 1 heterocycles. The van der Waals surface area contributed by atoms with Crippen LogP contribution in [-0.2, 0) is 14.3 Å². The zero-order valence-corrected chi connectivity index (χ0v) is 10.5. The van der Waals surface area contributed by atoms with Crippen molar-refractivity contribution in [2.45, 2.75) is 6.92 Å². The Morgan fingerprint density at radius 1 is 1.44 bits per heavy atom. The summed E-state index contributed by atoms with van der Waals surface area (Å²) in [7, 11) is 1.23. The number of ether oxygens (including phenoxy) is 1. The van der Waals surface area contributed by atoms with E-state index in [0.717, 1.165) is 0 Å². The minimum Gasteiger partial charge on any atom is -0.453 e. The second-order valence-corrected chi connectivity index (χ2v) is 3.71. The van der Waals surface area contributed by atoms with Gasteiger partial charge in [0.1, 0.15) is 5.92 Å². The summed E-state index contributed by atoms with van der Waals surface area (Å²) in [5, 5.41) is 8.49. The quantitative estimate of drug-likeness (QED) is 0.303. The smallest absolute Gasteiger partial charge is 0.409 e. The van der Waals surface area contributed by atoms with Gasteiger partial charge in [-0.15, -0.1) is 13.2 Å². The van der Waals surface area contributed by atoms with Crippen molar-refractivity contribution in [1.82, 2.24) is 10.4 Å². The Balaban J connectivity index is 0.00000137. The van der Waals surface area contributed by atoms with Crippen LogP contribution < -0.4 is 5.48 Å². The fourth-order valence-electron chi connectivity index (χ4n) is 1.72. The largest absolute Gasteiger partial charge is 0.453 e. The molecule has 0 spiro atoms. The van der Waals surface area contributed by atoms with Crippen LogP contribution in [0.4, 0.5) is 4.79 Å². The zero-order chi connectivity index (χ0) is 14.3. The SMILES string of the molecule is C=C.COC(=O)N1CC(C)C(=O)C(C(=O)NO)C1. The monoisotopic (exact) mass is 258 g/mol. The number of hydrogen-bond acceptors (Lipinski definition) is 5. The molecule has 0 aliphatic carbocycles. The predicted octanol–water partition coefficient (Wildman–Crippen LogP) is 0.197. The van der Waals surface area contributed by atoms with E-state index < -0.39 is 23.8 Å². The number of amides is 2. The number of methoxy groups -OCH3 is 1. The molecule has 18 heavy (non-hydrogen) atoms. The first-order valence-electron chi connectivity index (χ1n) is 5.31. The van der Waals surface area contributed by atoms with Crippen molar-refractivity contribution < 1.29 is 24.3 Å². The number of rotatable bonds is 1. The van der Waals surface area contributed by atoms with Crippen LogP contribution in [0.2, 0.25) is 0 Å². The maximum atomic E-state index is 11.6.